The molecule has 0 aromatic heterocycles. The number of rotatable bonds is 6. The fourth-order valence-electron chi connectivity index (χ4n) is 2.79. The molecule has 2 rings (SSSR count). The van der Waals surface area contributed by atoms with Gasteiger partial charge in [-0.15, -0.1) is 0 Å². The van der Waals surface area contributed by atoms with Crippen LogP contribution in [0.1, 0.15) is 44.2 Å². The molecule has 1 aliphatic heterocycles. The molecule has 0 bridgehead atoms. The van der Waals surface area contributed by atoms with Crippen LogP contribution in [-0.2, 0) is 24.2 Å². The molecule has 1 N–H and O–H groups in total. The molecule has 0 aliphatic carbocycles. The highest BCUT2D eigenvalue weighted by molar-refractivity contribution is 7.91. The minimum Gasteiger partial charge on any atom is -0.448 e. The van der Waals surface area contributed by atoms with Crippen LogP contribution in [0.15, 0.2) is 29.8 Å². The third kappa shape index (κ3) is 5.92. The molecule has 7 nitrogen and oxygen atoms in total. The van der Waals surface area contributed by atoms with Gasteiger partial charge < -0.3 is 10.1 Å². The molecule has 28 heavy (non-hydrogen) atoms. The number of hydrogen-bond donors (Lipinski definition) is 1. The summed E-state index contributed by atoms with van der Waals surface area (Å²) in [5, 5.41) is 11.8. The van der Waals surface area contributed by atoms with Crippen molar-refractivity contribution >= 4 is 27.8 Å². The van der Waals surface area contributed by atoms with Crippen molar-refractivity contribution in [2.75, 3.05) is 11.5 Å². The lowest BCUT2D eigenvalue weighted by molar-refractivity contribution is -0.150. The molecule has 0 radical (unpaired) electrons. The van der Waals surface area contributed by atoms with Gasteiger partial charge in [0.1, 0.15) is 11.6 Å². The number of hydrogen-bond acceptors (Lipinski definition) is 6. The van der Waals surface area contributed by atoms with E-state index >= 15 is 0 Å². The molecule has 2 atom stereocenters. The monoisotopic (exact) mass is 404 g/mol. The Morgan fingerprint density at radius 1 is 1.25 bits per heavy atom. The molecule has 0 unspecified atom stereocenters. The van der Waals surface area contributed by atoms with Crippen LogP contribution in [0.2, 0.25) is 0 Å². The van der Waals surface area contributed by atoms with Crippen LogP contribution in [0, 0.1) is 11.3 Å². The zero-order valence-corrected chi connectivity index (χ0v) is 17.0. The summed E-state index contributed by atoms with van der Waals surface area (Å²) in [6.07, 6.45) is 0.598. The fourth-order valence-corrected chi connectivity index (χ4v) is 4.46. The molecule has 1 aromatic rings. The minimum absolute atomic E-state index is 0.0308. The van der Waals surface area contributed by atoms with E-state index in [0.29, 0.717) is 17.9 Å². The summed E-state index contributed by atoms with van der Waals surface area (Å²) in [5.41, 5.74) is 1.59. The van der Waals surface area contributed by atoms with Gasteiger partial charge in [0.05, 0.1) is 11.5 Å². The van der Waals surface area contributed by atoms with Gasteiger partial charge in [0.25, 0.3) is 5.91 Å². The largest absolute Gasteiger partial charge is 0.448 e. The van der Waals surface area contributed by atoms with E-state index in [0.717, 1.165) is 5.56 Å². The minimum atomic E-state index is -3.13. The van der Waals surface area contributed by atoms with E-state index in [1.165, 1.54) is 13.0 Å². The summed E-state index contributed by atoms with van der Waals surface area (Å²) in [7, 11) is -3.13. The first-order valence-electron chi connectivity index (χ1n) is 9.05. The predicted molar refractivity (Wildman–Crippen MR) is 105 cm³/mol. The molecule has 1 fully saturated rings. The van der Waals surface area contributed by atoms with E-state index in [-0.39, 0.29) is 17.1 Å². The van der Waals surface area contributed by atoms with Crippen molar-refractivity contribution < 1.29 is 22.7 Å². The van der Waals surface area contributed by atoms with Crippen LogP contribution in [-0.4, -0.2) is 43.9 Å². The first-order chi connectivity index (χ1) is 13.1. The highest BCUT2D eigenvalue weighted by Crippen LogP contribution is 2.17. The third-order valence-electron chi connectivity index (χ3n) is 4.49. The molecule has 1 amide bonds. The summed E-state index contributed by atoms with van der Waals surface area (Å²) in [4.78, 5) is 24.4. The number of nitrogens with one attached hydrogen (secondary N) is 1. The van der Waals surface area contributed by atoms with Crippen molar-refractivity contribution in [3.8, 4) is 6.07 Å². The molecular weight excluding hydrogens is 380 g/mol. The van der Waals surface area contributed by atoms with E-state index in [1.54, 1.807) is 18.2 Å². The van der Waals surface area contributed by atoms with Crippen molar-refractivity contribution in [2.45, 2.75) is 45.3 Å². The van der Waals surface area contributed by atoms with Gasteiger partial charge in [-0.3, -0.25) is 4.79 Å². The first-order valence-corrected chi connectivity index (χ1v) is 10.9. The number of benzene rings is 1. The van der Waals surface area contributed by atoms with Crippen LogP contribution >= 0.6 is 0 Å². The Morgan fingerprint density at radius 3 is 2.39 bits per heavy atom. The number of sulfone groups is 1. The summed E-state index contributed by atoms with van der Waals surface area (Å²) in [6, 6.07) is 8.75. The SMILES string of the molecule is CC(C)c1ccc(/C=C(\C#N)C(=O)O[C@@H](C)C(=O)N[C@H]2CCS(=O)(=O)C2)cc1. The lowest BCUT2D eigenvalue weighted by Crippen LogP contribution is -2.42. The van der Waals surface area contributed by atoms with Crippen LogP contribution in [0.3, 0.4) is 0 Å². The van der Waals surface area contributed by atoms with Gasteiger partial charge in [0.15, 0.2) is 15.9 Å². The molecule has 1 saturated heterocycles. The maximum atomic E-state index is 12.2. The summed E-state index contributed by atoms with van der Waals surface area (Å²) in [6.45, 7) is 5.51. The smallest absolute Gasteiger partial charge is 0.349 e. The van der Waals surface area contributed by atoms with Crippen molar-refractivity contribution in [3.63, 3.8) is 0 Å². The third-order valence-corrected chi connectivity index (χ3v) is 6.25. The number of nitriles is 1. The lowest BCUT2D eigenvalue weighted by Gasteiger charge is -2.16. The average molecular weight is 404 g/mol. The number of nitrogens with zero attached hydrogens (tertiary/aromatic N) is 1. The number of esters is 1. The van der Waals surface area contributed by atoms with Gasteiger partial charge in [0, 0.05) is 6.04 Å². The van der Waals surface area contributed by atoms with Gasteiger partial charge >= 0.3 is 5.97 Å². The molecule has 1 aromatic carbocycles. The average Bonchev–Trinajstić information content (AvgIpc) is 2.98. The maximum absolute atomic E-state index is 12.2. The Hall–Kier alpha value is -2.66. The summed E-state index contributed by atoms with van der Waals surface area (Å²) < 4.78 is 28.0. The second-order valence-electron chi connectivity index (χ2n) is 7.15. The Kier molecular flexibility index (Phi) is 6.97. The summed E-state index contributed by atoms with van der Waals surface area (Å²) >= 11 is 0. The molecule has 1 heterocycles. The second-order valence-corrected chi connectivity index (χ2v) is 9.38. The lowest BCUT2D eigenvalue weighted by atomic mass is 10.0. The van der Waals surface area contributed by atoms with Crippen molar-refractivity contribution in [1.82, 2.24) is 5.32 Å². The molecule has 150 valence electrons. The number of carbonyl (C=O) groups is 2. The van der Waals surface area contributed by atoms with Crippen LogP contribution in [0.5, 0.6) is 0 Å². The molecule has 0 saturated carbocycles. The first kappa shape index (κ1) is 21.6. The Labute approximate surface area is 165 Å². The highest BCUT2D eigenvalue weighted by Gasteiger charge is 2.31. The van der Waals surface area contributed by atoms with E-state index in [4.69, 9.17) is 4.74 Å². The van der Waals surface area contributed by atoms with Gasteiger partial charge in [0.2, 0.25) is 0 Å². The number of amides is 1. The standard InChI is InChI=1S/C20H24N2O5S/c1-13(2)16-6-4-15(5-7-16)10-17(11-21)20(24)27-14(3)19(23)22-18-8-9-28(25,26)12-18/h4-7,10,13-14,18H,8-9,12H2,1-3H3,(H,22,23)/b17-10+/t14-,18-/m0/s1. The molecule has 1 aliphatic rings. The topological polar surface area (TPSA) is 113 Å². The Morgan fingerprint density at radius 2 is 1.89 bits per heavy atom. The van der Waals surface area contributed by atoms with Gasteiger partial charge in [-0.1, -0.05) is 38.1 Å². The number of ether oxygens (including phenoxy) is 1. The van der Waals surface area contributed by atoms with E-state index in [2.05, 4.69) is 19.2 Å². The van der Waals surface area contributed by atoms with Crippen molar-refractivity contribution in [2.24, 2.45) is 0 Å². The summed E-state index contributed by atoms with van der Waals surface area (Å²) in [5.74, 6) is -1.21. The van der Waals surface area contributed by atoms with Crippen LogP contribution < -0.4 is 5.32 Å². The quantitative estimate of drug-likeness (QED) is 0.440. The van der Waals surface area contributed by atoms with Crippen LogP contribution in [0.4, 0.5) is 0 Å². The molecular formula is C20H24N2O5S. The Bertz CT molecular complexity index is 911. The van der Waals surface area contributed by atoms with Gasteiger partial charge in [-0.25, -0.2) is 13.2 Å². The van der Waals surface area contributed by atoms with Crippen LogP contribution in [0.25, 0.3) is 6.08 Å². The maximum Gasteiger partial charge on any atom is 0.349 e. The molecule has 8 heteroatoms. The van der Waals surface area contributed by atoms with E-state index in [9.17, 15) is 23.3 Å². The zero-order chi connectivity index (χ0) is 20.9. The fraction of sp³-hybridized carbons (Fsp3) is 0.450. The highest BCUT2D eigenvalue weighted by atomic mass is 32.2. The normalized spacial score (nSPS) is 19.7. The zero-order valence-electron chi connectivity index (χ0n) is 16.1. The van der Waals surface area contributed by atoms with E-state index < -0.39 is 33.9 Å². The van der Waals surface area contributed by atoms with E-state index in [1.807, 2.05) is 12.1 Å². The van der Waals surface area contributed by atoms with Gasteiger partial charge in [-0.05, 0) is 36.5 Å². The Balaban J connectivity index is 1.98. The van der Waals surface area contributed by atoms with Crippen molar-refractivity contribution in [3.05, 3.63) is 41.0 Å². The second kappa shape index (κ2) is 9.02. The predicted octanol–water partition coefficient (Wildman–Crippen LogP) is 1.95. The van der Waals surface area contributed by atoms with Crippen molar-refractivity contribution in [1.29, 1.82) is 5.26 Å². The van der Waals surface area contributed by atoms with Gasteiger partial charge in [-0.2, -0.15) is 5.26 Å². The number of carbonyl (C=O) groups excluding carboxylic acids is 2. The molecule has 0 spiro atoms.